The molecule has 22 heavy (non-hydrogen) atoms. The molecule has 1 rings (SSSR count). The molecule has 3 N–H and O–H groups in total. The van der Waals surface area contributed by atoms with Crippen molar-refractivity contribution in [3.63, 3.8) is 0 Å². The van der Waals surface area contributed by atoms with Crippen molar-refractivity contribution in [3.8, 4) is 0 Å². The van der Waals surface area contributed by atoms with E-state index in [4.69, 9.17) is 5.11 Å². The average molecular weight is 306 g/mol. The molecule has 0 saturated carbocycles. The Labute approximate surface area is 132 Å². The zero-order valence-electron chi connectivity index (χ0n) is 13.5. The fraction of sp³-hybridized carbons (Fsp3) is 0.529. The predicted octanol–water partition coefficient (Wildman–Crippen LogP) is 2.81. The molecule has 0 bridgehead atoms. The maximum Gasteiger partial charge on any atom is 0.326 e. The minimum absolute atomic E-state index is 0.0197. The smallest absolute Gasteiger partial charge is 0.326 e. The molecule has 5 heteroatoms. The lowest BCUT2D eigenvalue weighted by atomic mass is 10.0. The van der Waals surface area contributed by atoms with Crippen LogP contribution in [0.15, 0.2) is 30.3 Å². The van der Waals surface area contributed by atoms with Gasteiger partial charge in [-0.2, -0.15) is 0 Å². The number of carbonyl (C=O) groups excluding carboxylic acids is 1. The maximum atomic E-state index is 11.9. The van der Waals surface area contributed by atoms with Crippen LogP contribution < -0.4 is 10.6 Å². The number of carboxylic acid groups (broad SMARTS) is 1. The Bertz CT molecular complexity index is 474. The van der Waals surface area contributed by atoms with E-state index in [1.165, 1.54) is 5.56 Å². The minimum atomic E-state index is -0.999. The van der Waals surface area contributed by atoms with Gasteiger partial charge in [-0.1, -0.05) is 44.2 Å². The van der Waals surface area contributed by atoms with Gasteiger partial charge in [0.25, 0.3) is 0 Å². The molecule has 2 atom stereocenters. The second-order valence-corrected chi connectivity index (χ2v) is 6.06. The van der Waals surface area contributed by atoms with Crippen molar-refractivity contribution >= 4 is 12.0 Å². The van der Waals surface area contributed by atoms with Gasteiger partial charge in [-0.25, -0.2) is 9.59 Å². The predicted molar refractivity (Wildman–Crippen MR) is 86.8 cm³/mol. The highest BCUT2D eigenvalue weighted by Gasteiger charge is 2.21. The van der Waals surface area contributed by atoms with E-state index in [0.29, 0.717) is 6.42 Å². The standard InChI is InChI=1S/C17H26N2O3/c1-12(2)11-15(16(20)21)19-17(22)18-13(3)9-10-14-7-5-4-6-8-14/h4-8,12-13,15H,9-11H2,1-3H3,(H,20,21)(H2,18,19,22)/t13-,15+/m1/s1. The molecule has 0 aliphatic rings. The number of nitrogens with one attached hydrogen (secondary N) is 2. The van der Waals surface area contributed by atoms with E-state index < -0.39 is 18.0 Å². The lowest BCUT2D eigenvalue weighted by Crippen LogP contribution is -2.48. The summed E-state index contributed by atoms with van der Waals surface area (Å²) in [7, 11) is 0. The Morgan fingerprint density at radius 2 is 1.73 bits per heavy atom. The van der Waals surface area contributed by atoms with Gasteiger partial charge in [0, 0.05) is 6.04 Å². The van der Waals surface area contributed by atoms with Gasteiger partial charge in [0.1, 0.15) is 6.04 Å². The number of aryl methyl sites for hydroxylation is 1. The first-order chi connectivity index (χ1) is 10.4. The van der Waals surface area contributed by atoms with Crippen LogP contribution in [0.1, 0.15) is 39.2 Å². The number of aliphatic carboxylic acids is 1. The zero-order chi connectivity index (χ0) is 16.5. The summed E-state index contributed by atoms with van der Waals surface area (Å²) in [6.45, 7) is 5.77. The Hall–Kier alpha value is -2.04. The van der Waals surface area contributed by atoms with Crippen LogP contribution in [0.2, 0.25) is 0 Å². The van der Waals surface area contributed by atoms with Gasteiger partial charge in [0.05, 0.1) is 0 Å². The van der Waals surface area contributed by atoms with Gasteiger partial charge in [-0.3, -0.25) is 0 Å². The van der Waals surface area contributed by atoms with E-state index in [1.807, 2.05) is 39.0 Å². The van der Waals surface area contributed by atoms with Gasteiger partial charge in [-0.15, -0.1) is 0 Å². The van der Waals surface area contributed by atoms with Crippen molar-refractivity contribution in [2.45, 2.75) is 52.1 Å². The van der Waals surface area contributed by atoms with Gasteiger partial charge in [-0.05, 0) is 37.7 Å². The summed E-state index contributed by atoms with van der Waals surface area (Å²) in [5.74, 6) is -0.794. The van der Waals surface area contributed by atoms with E-state index in [0.717, 1.165) is 12.8 Å². The number of carboxylic acids is 1. The summed E-state index contributed by atoms with van der Waals surface area (Å²) < 4.78 is 0. The van der Waals surface area contributed by atoms with Gasteiger partial charge >= 0.3 is 12.0 Å². The van der Waals surface area contributed by atoms with Crippen LogP contribution in [0.5, 0.6) is 0 Å². The largest absolute Gasteiger partial charge is 0.480 e. The first-order valence-electron chi connectivity index (χ1n) is 7.72. The number of carbonyl (C=O) groups is 2. The third-order valence-electron chi connectivity index (χ3n) is 3.40. The molecular formula is C17H26N2O3. The molecule has 1 aromatic rings. The molecule has 0 unspecified atom stereocenters. The summed E-state index contributed by atoms with van der Waals surface area (Å²) in [5.41, 5.74) is 1.22. The molecule has 0 heterocycles. The third-order valence-corrected chi connectivity index (χ3v) is 3.40. The lowest BCUT2D eigenvalue weighted by Gasteiger charge is -2.19. The molecule has 0 fully saturated rings. The quantitative estimate of drug-likeness (QED) is 0.691. The summed E-state index contributed by atoms with van der Waals surface area (Å²) in [5, 5.41) is 14.4. The van der Waals surface area contributed by atoms with E-state index in [9.17, 15) is 9.59 Å². The highest BCUT2D eigenvalue weighted by Crippen LogP contribution is 2.06. The van der Waals surface area contributed by atoms with Crippen LogP contribution in [0.4, 0.5) is 4.79 Å². The van der Waals surface area contributed by atoms with Crippen molar-refractivity contribution in [1.29, 1.82) is 0 Å². The minimum Gasteiger partial charge on any atom is -0.480 e. The number of amides is 2. The van der Waals surface area contributed by atoms with Crippen LogP contribution in [0, 0.1) is 5.92 Å². The molecule has 2 amide bonds. The van der Waals surface area contributed by atoms with E-state index in [2.05, 4.69) is 22.8 Å². The number of benzene rings is 1. The molecule has 122 valence electrons. The molecule has 0 radical (unpaired) electrons. The Kier molecular flexibility index (Phi) is 7.43. The monoisotopic (exact) mass is 306 g/mol. The van der Waals surface area contributed by atoms with Crippen molar-refractivity contribution < 1.29 is 14.7 Å². The third kappa shape index (κ3) is 7.11. The topological polar surface area (TPSA) is 78.4 Å². The SMILES string of the molecule is CC(C)C[C@H](NC(=O)N[C@H](C)CCc1ccccc1)C(=O)O. The van der Waals surface area contributed by atoms with Gasteiger partial charge < -0.3 is 15.7 Å². The molecule has 0 aromatic heterocycles. The van der Waals surface area contributed by atoms with Crippen molar-refractivity contribution in [2.24, 2.45) is 5.92 Å². The summed E-state index contributed by atoms with van der Waals surface area (Å²) in [6.07, 6.45) is 2.09. The molecular weight excluding hydrogens is 280 g/mol. The van der Waals surface area contributed by atoms with Crippen molar-refractivity contribution in [3.05, 3.63) is 35.9 Å². The first-order valence-corrected chi connectivity index (χ1v) is 7.72. The van der Waals surface area contributed by atoms with Crippen molar-refractivity contribution in [1.82, 2.24) is 10.6 Å². The van der Waals surface area contributed by atoms with Crippen LogP contribution in [-0.2, 0) is 11.2 Å². The summed E-state index contributed by atoms with van der Waals surface area (Å²) >= 11 is 0. The first kappa shape index (κ1) is 18.0. The molecule has 1 aromatic carbocycles. The van der Waals surface area contributed by atoms with Crippen molar-refractivity contribution in [2.75, 3.05) is 0 Å². The zero-order valence-corrected chi connectivity index (χ0v) is 13.5. The van der Waals surface area contributed by atoms with E-state index in [1.54, 1.807) is 0 Å². The number of hydrogen-bond acceptors (Lipinski definition) is 2. The maximum absolute atomic E-state index is 11.9. The normalized spacial score (nSPS) is 13.5. The average Bonchev–Trinajstić information content (AvgIpc) is 2.45. The Morgan fingerprint density at radius 1 is 1.09 bits per heavy atom. The lowest BCUT2D eigenvalue weighted by molar-refractivity contribution is -0.139. The van der Waals surface area contributed by atoms with Crippen LogP contribution in [0.25, 0.3) is 0 Å². The molecule has 5 nitrogen and oxygen atoms in total. The summed E-state index contributed by atoms with van der Waals surface area (Å²) in [6, 6.07) is 8.77. The molecule has 0 spiro atoms. The van der Waals surface area contributed by atoms with Crippen LogP contribution in [-0.4, -0.2) is 29.2 Å². The van der Waals surface area contributed by atoms with Crippen LogP contribution >= 0.6 is 0 Å². The summed E-state index contributed by atoms with van der Waals surface area (Å²) in [4.78, 5) is 23.0. The fourth-order valence-electron chi connectivity index (χ4n) is 2.22. The second kappa shape index (κ2) is 9.07. The van der Waals surface area contributed by atoms with Gasteiger partial charge in [0.15, 0.2) is 0 Å². The number of hydrogen-bond donors (Lipinski definition) is 3. The Balaban J connectivity index is 2.38. The highest BCUT2D eigenvalue weighted by atomic mass is 16.4. The number of rotatable bonds is 8. The Morgan fingerprint density at radius 3 is 2.27 bits per heavy atom. The molecule has 0 saturated heterocycles. The van der Waals surface area contributed by atoms with Gasteiger partial charge in [0.2, 0.25) is 0 Å². The molecule has 0 aliphatic carbocycles. The highest BCUT2D eigenvalue weighted by molar-refractivity contribution is 5.82. The van der Waals surface area contributed by atoms with E-state index in [-0.39, 0.29) is 12.0 Å². The second-order valence-electron chi connectivity index (χ2n) is 6.06. The van der Waals surface area contributed by atoms with Crippen LogP contribution in [0.3, 0.4) is 0 Å². The fourth-order valence-corrected chi connectivity index (χ4v) is 2.22. The molecule has 0 aliphatic heterocycles. The number of urea groups is 1. The van der Waals surface area contributed by atoms with E-state index >= 15 is 0 Å².